The van der Waals surface area contributed by atoms with E-state index in [1.54, 1.807) is 37.3 Å². The number of carbonyl (C=O) groups is 3. The van der Waals surface area contributed by atoms with Crippen molar-refractivity contribution in [2.75, 3.05) is 6.54 Å². The van der Waals surface area contributed by atoms with Crippen molar-refractivity contribution in [3.8, 4) is 0 Å². The van der Waals surface area contributed by atoms with Crippen LogP contribution in [0.5, 0.6) is 0 Å². The molecule has 0 bridgehead atoms. The average Bonchev–Trinajstić information content (AvgIpc) is 2.98. The Morgan fingerprint density at radius 3 is 2.36 bits per heavy atom. The van der Waals surface area contributed by atoms with Gasteiger partial charge in [0.05, 0.1) is 5.56 Å². The normalized spacial score (nSPS) is 16.1. The molecule has 3 rings (SSSR count). The van der Waals surface area contributed by atoms with Crippen LogP contribution in [0.25, 0.3) is 0 Å². The number of nitrogens with zero attached hydrogens (tertiary/aromatic N) is 2. The standard InChI is InChI=1S/C23H26ClN3O5S/c1-4-15(2)25-22(29)16(3)26(13-17-9-5-7-11-19(17)24)21(28)14-27-23(30)18-10-6-8-12-20(18)33(27,31)32/h5-12,15-16H,4,13-14H2,1-3H3,(H,25,29)/t15-,16+/m0/s1. The van der Waals surface area contributed by atoms with Crippen molar-refractivity contribution in [3.05, 3.63) is 64.7 Å². The molecule has 10 heteroatoms. The number of amides is 3. The zero-order valence-corrected chi connectivity index (χ0v) is 20.2. The van der Waals surface area contributed by atoms with Crippen LogP contribution in [0.2, 0.25) is 5.02 Å². The number of carbonyl (C=O) groups excluding carboxylic acids is 3. The van der Waals surface area contributed by atoms with Crippen LogP contribution in [-0.4, -0.2) is 54.0 Å². The molecule has 0 aromatic heterocycles. The predicted molar refractivity (Wildman–Crippen MR) is 124 cm³/mol. The van der Waals surface area contributed by atoms with Gasteiger partial charge in [0.15, 0.2) is 0 Å². The van der Waals surface area contributed by atoms with Crippen LogP contribution in [0.1, 0.15) is 43.1 Å². The van der Waals surface area contributed by atoms with Crippen LogP contribution in [-0.2, 0) is 26.2 Å². The third-order valence-electron chi connectivity index (χ3n) is 5.66. The first-order valence-electron chi connectivity index (χ1n) is 10.6. The van der Waals surface area contributed by atoms with Crippen LogP contribution in [0, 0.1) is 0 Å². The number of nitrogens with one attached hydrogen (secondary N) is 1. The topological polar surface area (TPSA) is 104 Å². The molecule has 33 heavy (non-hydrogen) atoms. The van der Waals surface area contributed by atoms with E-state index in [4.69, 9.17) is 11.6 Å². The van der Waals surface area contributed by atoms with Crippen LogP contribution in [0.4, 0.5) is 0 Å². The first-order chi connectivity index (χ1) is 15.6. The molecule has 1 aliphatic heterocycles. The average molecular weight is 492 g/mol. The van der Waals surface area contributed by atoms with E-state index in [2.05, 4.69) is 5.32 Å². The zero-order valence-electron chi connectivity index (χ0n) is 18.6. The fourth-order valence-corrected chi connectivity index (χ4v) is 5.17. The first-order valence-corrected chi connectivity index (χ1v) is 12.4. The van der Waals surface area contributed by atoms with Gasteiger partial charge in [-0.3, -0.25) is 14.4 Å². The summed E-state index contributed by atoms with van der Waals surface area (Å²) in [5, 5.41) is 3.24. The molecule has 0 fully saturated rings. The third-order valence-corrected chi connectivity index (χ3v) is 7.81. The van der Waals surface area contributed by atoms with Crippen molar-refractivity contribution in [1.82, 2.24) is 14.5 Å². The number of hydrogen-bond donors (Lipinski definition) is 1. The molecule has 3 amide bonds. The minimum absolute atomic E-state index is 0.0190. The number of hydrogen-bond acceptors (Lipinski definition) is 5. The number of sulfonamides is 1. The molecule has 0 saturated heterocycles. The van der Waals surface area contributed by atoms with Crippen molar-refractivity contribution < 1.29 is 22.8 Å². The third kappa shape index (κ3) is 5.04. The van der Waals surface area contributed by atoms with Gasteiger partial charge in [-0.1, -0.05) is 48.9 Å². The Hall–Kier alpha value is -2.91. The summed E-state index contributed by atoms with van der Waals surface area (Å²) in [6, 6.07) is 11.6. The number of benzene rings is 2. The van der Waals surface area contributed by atoms with E-state index in [9.17, 15) is 22.8 Å². The van der Waals surface area contributed by atoms with E-state index in [-0.39, 0.29) is 29.0 Å². The van der Waals surface area contributed by atoms with Gasteiger partial charge >= 0.3 is 0 Å². The van der Waals surface area contributed by atoms with Gasteiger partial charge in [-0.05, 0) is 44.0 Å². The SMILES string of the molecule is CC[C@H](C)NC(=O)[C@@H](C)N(Cc1ccccc1Cl)C(=O)CN1C(=O)c2ccccc2S1(=O)=O. The van der Waals surface area contributed by atoms with Crippen LogP contribution < -0.4 is 5.32 Å². The second-order valence-electron chi connectivity index (χ2n) is 7.92. The number of halogens is 1. The molecule has 0 unspecified atom stereocenters. The van der Waals surface area contributed by atoms with Crippen molar-refractivity contribution in [1.29, 1.82) is 0 Å². The van der Waals surface area contributed by atoms with E-state index in [0.29, 0.717) is 21.3 Å². The maximum absolute atomic E-state index is 13.3. The number of rotatable bonds is 8. The summed E-state index contributed by atoms with van der Waals surface area (Å²) in [4.78, 5) is 40.0. The molecular formula is C23H26ClN3O5S. The fraction of sp³-hybridized carbons (Fsp3) is 0.348. The summed E-state index contributed by atoms with van der Waals surface area (Å²) in [6.45, 7) is 4.58. The summed E-state index contributed by atoms with van der Waals surface area (Å²) in [7, 11) is -4.16. The van der Waals surface area contributed by atoms with Crippen molar-refractivity contribution in [3.63, 3.8) is 0 Å². The largest absolute Gasteiger partial charge is 0.352 e. The molecule has 0 saturated carbocycles. The summed E-state index contributed by atoms with van der Waals surface area (Å²) < 4.78 is 26.3. The fourth-order valence-electron chi connectivity index (χ4n) is 3.46. The summed E-state index contributed by atoms with van der Waals surface area (Å²) in [5.74, 6) is -1.84. The van der Waals surface area contributed by atoms with Gasteiger partial charge in [-0.15, -0.1) is 0 Å². The molecule has 0 spiro atoms. The van der Waals surface area contributed by atoms with Crippen LogP contribution >= 0.6 is 11.6 Å². The Balaban J connectivity index is 1.90. The lowest BCUT2D eigenvalue weighted by Gasteiger charge is -2.31. The molecule has 2 atom stereocenters. The maximum Gasteiger partial charge on any atom is 0.269 e. The highest BCUT2D eigenvalue weighted by Crippen LogP contribution is 2.30. The van der Waals surface area contributed by atoms with E-state index in [1.165, 1.54) is 23.1 Å². The lowest BCUT2D eigenvalue weighted by atomic mass is 10.1. The second kappa shape index (κ2) is 9.93. The van der Waals surface area contributed by atoms with Crippen LogP contribution in [0.15, 0.2) is 53.4 Å². The maximum atomic E-state index is 13.3. The quantitative estimate of drug-likeness (QED) is 0.611. The molecular weight excluding hydrogens is 466 g/mol. The molecule has 0 radical (unpaired) electrons. The number of fused-ring (bicyclic) bond motifs is 1. The Labute approximate surface area is 198 Å². The molecule has 0 aliphatic carbocycles. The Kier molecular flexibility index (Phi) is 7.44. The highest BCUT2D eigenvalue weighted by Gasteiger charge is 2.43. The van der Waals surface area contributed by atoms with Gasteiger partial charge in [0.25, 0.3) is 15.9 Å². The second-order valence-corrected chi connectivity index (χ2v) is 10.2. The van der Waals surface area contributed by atoms with Gasteiger partial charge in [0.2, 0.25) is 11.8 Å². The monoisotopic (exact) mass is 491 g/mol. The smallest absolute Gasteiger partial charge is 0.269 e. The van der Waals surface area contributed by atoms with Crippen molar-refractivity contribution in [2.45, 2.75) is 50.7 Å². The Morgan fingerprint density at radius 1 is 1.09 bits per heavy atom. The van der Waals surface area contributed by atoms with E-state index in [1.807, 2.05) is 13.8 Å². The Morgan fingerprint density at radius 2 is 1.73 bits per heavy atom. The molecule has 8 nitrogen and oxygen atoms in total. The molecule has 2 aromatic rings. The van der Waals surface area contributed by atoms with E-state index in [0.717, 1.165) is 0 Å². The van der Waals surface area contributed by atoms with Gasteiger partial charge in [-0.25, -0.2) is 12.7 Å². The predicted octanol–water partition coefficient (Wildman–Crippen LogP) is 2.82. The summed E-state index contributed by atoms with van der Waals surface area (Å²) in [6.07, 6.45) is 0.704. The zero-order chi connectivity index (χ0) is 24.3. The van der Waals surface area contributed by atoms with Gasteiger partial charge in [0.1, 0.15) is 17.5 Å². The summed E-state index contributed by atoms with van der Waals surface area (Å²) in [5.41, 5.74) is 0.611. The highest BCUT2D eigenvalue weighted by atomic mass is 35.5. The van der Waals surface area contributed by atoms with E-state index >= 15 is 0 Å². The van der Waals surface area contributed by atoms with Gasteiger partial charge in [0, 0.05) is 17.6 Å². The molecule has 1 N–H and O–H groups in total. The molecule has 1 aliphatic rings. The molecule has 176 valence electrons. The summed E-state index contributed by atoms with van der Waals surface area (Å²) >= 11 is 6.26. The van der Waals surface area contributed by atoms with Crippen molar-refractivity contribution in [2.24, 2.45) is 0 Å². The highest BCUT2D eigenvalue weighted by molar-refractivity contribution is 7.90. The minimum Gasteiger partial charge on any atom is -0.352 e. The first kappa shape index (κ1) is 24.7. The Bertz CT molecular complexity index is 1180. The lowest BCUT2D eigenvalue weighted by Crippen LogP contribution is -2.52. The molecule has 2 aromatic carbocycles. The van der Waals surface area contributed by atoms with Crippen LogP contribution in [0.3, 0.4) is 0 Å². The molecule has 1 heterocycles. The van der Waals surface area contributed by atoms with Gasteiger partial charge < -0.3 is 10.2 Å². The van der Waals surface area contributed by atoms with Gasteiger partial charge in [-0.2, -0.15) is 0 Å². The van der Waals surface area contributed by atoms with E-state index < -0.39 is 34.4 Å². The lowest BCUT2D eigenvalue weighted by molar-refractivity contribution is -0.140. The van der Waals surface area contributed by atoms with Crippen molar-refractivity contribution >= 4 is 39.3 Å². The minimum atomic E-state index is -4.16.